The summed E-state index contributed by atoms with van der Waals surface area (Å²) >= 11 is 3.25. The van der Waals surface area contributed by atoms with Crippen LogP contribution in [0.1, 0.15) is 45.6 Å². The fourth-order valence-electron chi connectivity index (χ4n) is 3.43. The summed E-state index contributed by atoms with van der Waals surface area (Å²) in [7, 11) is 0. The van der Waals surface area contributed by atoms with Crippen molar-refractivity contribution in [3.8, 4) is 0 Å². The van der Waals surface area contributed by atoms with Gasteiger partial charge in [0.15, 0.2) is 0 Å². The third-order valence-electron chi connectivity index (χ3n) is 4.60. The SMILES string of the molecule is CC(C)CC1(C(N)C(C)Cc2cccc(Br)c2F)CC1. The molecule has 1 aromatic carbocycles. The summed E-state index contributed by atoms with van der Waals surface area (Å²) < 4.78 is 14.6. The van der Waals surface area contributed by atoms with Gasteiger partial charge < -0.3 is 5.73 Å². The van der Waals surface area contributed by atoms with Gasteiger partial charge in [0.2, 0.25) is 0 Å². The smallest absolute Gasteiger partial charge is 0.140 e. The highest BCUT2D eigenvalue weighted by Crippen LogP contribution is 2.54. The Bertz CT molecular complexity index is 468. The first kappa shape index (κ1) is 16.0. The predicted octanol–water partition coefficient (Wildman–Crippen LogP) is 4.92. The molecule has 2 unspecified atom stereocenters. The molecule has 112 valence electrons. The number of halogens is 2. The first-order chi connectivity index (χ1) is 9.35. The second-order valence-corrected chi connectivity index (χ2v) is 7.73. The monoisotopic (exact) mass is 341 g/mol. The van der Waals surface area contributed by atoms with Crippen molar-refractivity contribution in [2.24, 2.45) is 23.0 Å². The van der Waals surface area contributed by atoms with E-state index in [1.54, 1.807) is 6.07 Å². The maximum absolute atomic E-state index is 14.1. The van der Waals surface area contributed by atoms with Crippen molar-refractivity contribution < 1.29 is 4.39 Å². The largest absolute Gasteiger partial charge is 0.327 e. The highest BCUT2D eigenvalue weighted by Gasteiger charge is 2.49. The minimum Gasteiger partial charge on any atom is -0.327 e. The second-order valence-electron chi connectivity index (χ2n) is 6.88. The summed E-state index contributed by atoms with van der Waals surface area (Å²) in [5.41, 5.74) is 7.59. The lowest BCUT2D eigenvalue weighted by Crippen LogP contribution is -2.39. The molecule has 1 aliphatic carbocycles. The molecule has 3 heteroatoms. The van der Waals surface area contributed by atoms with Gasteiger partial charge in [-0.1, -0.05) is 32.9 Å². The molecule has 2 rings (SSSR count). The standard InChI is InChI=1S/C17H25BrFN/c1-11(2)10-17(7-8-17)16(20)12(3)9-13-5-4-6-14(18)15(13)19/h4-6,11-12,16H,7-10,20H2,1-3H3. The quantitative estimate of drug-likeness (QED) is 0.780. The Morgan fingerprint density at radius 2 is 1.95 bits per heavy atom. The Morgan fingerprint density at radius 3 is 2.50 bits per heavy atom. The van der Waals surface area contributed by atoms with Crippen LogP contribution in [0.4, 0.5) is 4.39 Å². The fourth-order valence-corrected chi connectivity index (χ4v) is 3.84. The molecule has 1 nitrogen and oxygen atoms in total. The maximum Gasteiger partial charge on any atom is 0.140 e. The minimum atomic E-state index is -0.139. The van der Waals surface area contributed by atoms with Crippen molar-refractivity contribution in [3.63, 3.8) is 0 Å². The number of hydrogen-bond acceptors (Lipinski definition) is 1. The topological polar surface area (TPSA) is 26.0 Å². The zero-order valence-electron chi connectivity index (χ0n) is 12.6. The lowest BCUT2D eigenvalue weighted by atomic mass is 9.79. The molecule has 0 amide bonds. The molecule has 0 aromatic heterocycles. The van der Waals surface area contributed by atoms with Crippen LogP contribution in [0.25, 0.3) is 0 Å². The molecular weight excluding hydrogens is 317 g/mol. The van der Waals surface area contributed by atoms with Gasteiger partial charge in [-0.25, -0.2) is 4.39 Å². The van der Waals surface area contributed by atoms with Gasteiger partial charge >= 0.3 is 0 Å². The molecule has 1 fully saturated rings. The third-order valence-corrected chi connectivity index (χ3v) is 5.21. The van der Waals surface area contributed by atoms with Crippen molar-refractivity contribution in [1.29, 1.82) is 0 Å². The molecule has 0 aliphatic heterocycles. The van der Waals surface area contributed by atoms with Gasteiger partial charge in [0.1, 0.15) is 5.82 Å². The van der Waals surface area contributed by atoms with Crippen LogP contribution in [-0.2, 0) is 6.42 Å². The summed E-state index contributed by atoms with van der Waals surface area (Å²) in [5.74, 6) is 0.846. The summed E-state index contributed by atoms with van der Waals surface area (Å²) in [6, 6.07) is 5.67. The van der Waals surface area contributed by atoms with Crippen molar-refractivity contribution in [3.05, 3.63) is 34.1 Å². The fraction of sp³-hybridized carbons (Fsp3) is 0.647. The summed E-state index contributed by atoms with van der Waals surface area (Å²) in [6.45, 7) is 6.67. The summed E-state index contributed by atoms with van der Waals surface area (Å²) in [4.78, 5) is 0. The molecule has 1 aliphatic rings. The molecule has 0 spiro atoms. The lowest BCUT2D eigenvalue weighted by Gasteiger charge is -2.30. The molecule has 20 heavy (non-hydrogen) atoms. The Balaban J connectivity index is 2.05. The van der Waals surface area contributed by atoms with E-state index in [0.29, 0.717) is 28.1 Å². The molecule has 0 saturated heterocycles. The maximum atomic E-state index is 14.1. The molecule has 0 heterocycles. The Hall–Kier alpha value is -0.410. The number of hydrogen-bond donors (Lipinski definition) is 1. The van der Waals surface area contributed by atoms with E-state index < -0.39 is 0 Å². The van der Waals surface area contributed by atoms with Gasteiger partial charge in [0.05, 0.1) is 4.47 Å². The Morgan fingerprint density at radius 1 is 1.30 bits per heavy atom. The molecule has 0 bridgehead atoms. The minimum absolute atomic E-state index is 0.139. The lowest BCUT2D eigenvalue weighted by molar-refractivity contribution is 0.258. The summed E-state index contributed by atoms with van der Waals surface area (Å²) in [6.07, 6.45) is 4.38. The predicted molar refractivity (Wildman–Crippen MR) is 86.1 cm³/mol. The van der Waals surface area contributed by atoms with E-state index in [1.165, 1.54) is 19.3 Å². The third kappa shape index (κ3) is 3.43. The Kier molecular flexibility index (Phi) is 4.91. The van der Waals surface area contributed by atoms with Crippen LogP contribution in [0.15, 0.2) is 22.7 Å². The van der Waals surface area contributed by atoms with Gasteiger partial charge in [-0.2, -0.15) is 0 Å². The van der Waals surface area contributed by atoms with E-state index >= 15 is 0 Å². The van der Waals surface area contributed by atoms with E-state index in [0.717, 1.165) is 5.56 Å². The highest BCUT2D eigenvalue weighted by atomic mass is 79.9. The van der Waals surface area contributed by atoms with Crippen molar-refractivity contribution >= 4 is 15.9 Å². The Labute approximate surface area is 130 Å². The van der Waals surface area contributed by atoms with Crippen molar-refractivity contribution in [2.75, 3.05) is 0 Å². The van der Waals surface area contributed by atoms with E-state index in [9.17, 15) is 4.39 Å². The summed E-state index contributed by atoms with van der Waals surface area (Å²) in [5, 5.41) is 0. The van der Waals surface area contributed by atoms with Gasteiger partial charge in [-0.15, -0.1) is 0 Å². The van der Waals surface area contributed by atoms with Crippen LogP contribution in [-0.4, -0.2) is 6.04 Å². The van der Waals surface area contributed by atoms with E-state index in [1.807, 2.05) is 12.1 Å². The zero-order chi connectivity index (χ0) is 14.9. The van der Waals surface area contributed by atoms with E-state index in [4.69, 9.17) is 5.73 Å². The molecule has 1 saturated carbocycles. The number of rotatable bonds is 6. The number of benzene rings is 1. The van der Waals surface area contributed by atoms with Crippen molar-refractivity contribution in [1.82, 2.24) is 0 Å². The van der Waals surface area contributed by atoms with Crippen LogP contribution in [0.5, 0.6) is 0 Å². The number of nitrogens with two attached hydrogens (primary N) is 1. The average molecular weight is 342 g/mol. The molecule has 1 aromatic rings. The zero-order valence-corrected chi connectivity index (χ0v) is 14.2. The van der Waals surface area contributed by atoms with E-state index in [-0.39, 0.29) is 11.9 Å². The van der Waals surface area contributed by atoms with Gasteiger partial charge in [-0.3, -0.25) is 0 Å². The first-order valence-electron chi connectivity index (χ1n) is 7.54. The van der Waals surface area contributed by atoms with Crippen LogP contribution >= 0.6 is 15.9 Å². The highest BCUT2D eigenvalue weighted by molar-refractivity contribution is 9.10. The van der Waals surface area contributed by atoms with Crippen LogP contribution < -0.4 is 5.73 Å². The van der Waals surface area contributed by atoms with Crippen LogP contribution in [0.3, 0.4) is 0 Å². The average Bonchev–Trinajstić information content (AvgIpc) is 3.14. The molecular formula is C17H25BrFN. The first-order valence-corrected chi connectivity index (χ1v) is 8.33. The van der Waals surface area contributed by atoms with E-state index in [2.05, 4.69) is 36.7 Å². The van der Waals surface area contributed by atoms with Crippen LogP contribution in [0.2, 0.25) is 0 Å². The normalized spacial score (nSPS) is 19.9. The van der Waals surface area contributed by atoms with Gasteiger partial charge in [0, 0.05) is 6.04 Å². The second kappa shape index (κ2) is 6.15. The molecule has 2 atom stereocenters. The van der Waals surface area contributed by atoms with Gasteiger partial charge in [0.25, 0.3) is 0 Å². The van der Waals surface area contributed by atoms with Gasteiger partial charge in [-0.05, 0) is 70.5 Å². The van der Waals surface area contributed by atoms with Crippen LogP contribution in [0, 0.1) is 23.1 Å². The molecule has 2 N–H and O–H groups in total. The molecule has 0 radical (unpaired) electrons. The van der Waals surface area contributed by atoms with Crippen molar-refractivity contribution in [2.45, 2.75) is 52.5 Å².